The van der Waals surface area contributed by atoms with Crippen LogP contribution in [-0.4, -0.2) is 17.6 Å². The van der Waals surface area contributed by atoms with Crippen LogP contribution >= 0.6 is 0 Å². The van der Waals surface area contributed by atoms with Gasteiger partial charge in [0.05, 0.1) is 0 Å². The number of hydroxylamine groups is 2. The summed E-state index contributed by atoms with van der Waals surface area (Å²) in [7, 11) is 0. The first-order valence-electron chi connectivity index (χ1n) is 7.33. The van der Waals surface area contributed by atoms with Crippen LogP contribution in [0.5, 0.6) is 0 Å². The Bertz CT molecular complexity index is 472. The van der Waals surface area contributed by atoms with E-state index < -0.39 is 0 Å². The highest BCUT2D eigenvalue weighted by atomic mass is 16.5. The number of rotatable bonds is 0. The quantitative estimate of drug-likeness (QED) is 0.698. The number of hydrogen-bond donors (Lipinski definition) is 0. The molecule has 2 heteroatoms. The summed E-state index contributed by atoms with van der Waals surface area (Å²) in [5.74, 6) is 0.618. The second-order valence-electron chi connectivity index (χ2n) is 6.33. The van der Waals surface area contributed by atoms with Crippen LogP contribution in [0.1, 0.15) is 43.2 Å². The van der Waals surface area contributed by atoms with E-state index in [1.54, 1.807) is 5.56 Å². The van der Waals surface area contributed by atoms with Gasteiger partial charge in [-0.05, 0) is 49.3 Å². The van der Waals surface area contributed by atoms with E-state index in [1.165, 1.54) is 36.3 Å². The minimum absolute atomic E-state index is 0.258. The molecule has 0 amide bonds. The Kier molecular flexibility index (Phi) is 2.33. The SMILES string of the molecule is [O-]N1CC[C@]23CCCC[C@H]2[C@H]1Cc1ccccc13. The van der Waals surface area contributed by atoms with Gasteiger partial charge in [-0.25, -0.2) is 0 Å². The van der Waals surface area contributed by atoms with E-state index in [0.717, 1.165) is 19.4 Å². The van der Waals surface area contributed by atoms with Gasteiger partial charge in [-0.3, -0.25) is 0 Å². The maximum Gasteiger partial charge on any atom is 0.00523 e. The predicted octanol–water partition coefficient (Wildman–Crippen LogP) is 3.24. The summed E-state index contributed by atoms with van der Waals surface area (Å²) in [5.41, 5.74) is 3.37. The van der Waals surface area contributed by atoms with Crippen molar-refractivity contribution < 1.29 is 0 Å². The molecule has 4 rings (SSSR count). The lowest BCUT2D eigenvalue weighted by Crippen LogP contribution is -2.59. The lowest BCUT2D eigenvalue weighted by atomic mass is 9.53. The van der Waals surface area contributed by atoms with Crippen molar-refractivity contribution in [3.8, 4) is 0 Å². The molecule has 18 heavy (non-hydrogen) atoms. The van der Waals surface area contributed by atoms with E-state index in [1.807, 2.05) is 0 Å². The van der Waals surface area contributed by atoms with Gasteiger partial charge < -0.3 is 10.3 Å². The molecule has 1 aromatic rings. The van der Waals surface area contributed by atoms with Crippen LogP contribution in [0.2, 0.25) is 0 Å². The second-order valence-corrected chi connectivity index (χ2v) is 6.33. The predicted molar refractivity (Wildman–Crippen MR) is 72.3 cm³/mol. The van der Waals surface area contributed by atoms with E-state index in [4.69, 9.17) is 0 Å². The van der Waals surface area contributed by atoms with Crippen LogP contribution in [0.15, 0.2) is 24.3 Å². The lowest BCUT2D eigenvalue weighted by Gasteiger charge is -2.61. The highest BCUT2D eigenvalue weighted by Gasteiger charge is 2.51. The molecule has 1 heterocycles. The Labute approximate surface area is 109 Å². The fraction of sp³-hybridized carbons (Fsp3) is 0.625. The molecular weight excluding hydrogens is 222 g/mol. The highest BCUT2D eigenvalue weighted by molar-refractivity contribution is 5.41. The van der Waals surface area contributed by atoms with Crippen LogP contribution in [0.4, 0.5) is 0 Å². The Balaban J connectivity index is 1.90. The van der Waals surface area contributed by atoms with Crippen LogP contribution in [0.25, 0.3) is 0 Å². The van der Waals surface area contributed by atoms with Crippen molar-refractivity contribution in [2.24, 2.45) is 5.92 Å². The van der Waals surface area contributed by atoms with Crippen molar-refractivity contribution in [3.63, 3.8) is 0 Å². The largest absolute Gasteiger partial charge is 0.785 e. The van der Waals surface area contributed by atoms with E-state index in [9.17, 15) is 5.21 Å². The van der Waals surface area contributed by atoms with Crippen molar-refractivity contribution in [1.82, 2.24) is 5.06 Å². The number of fused-ring (bicyclic) bond motifs is 1. The van der Waals surface area contributed by atoms with Crippen LogP contribution in [0.3, 0.4) is 0 Å². The summed E-state index contributed by atoms with van der Waals surface area (Å²) in [4.78, 5) is 0. The van der Waals surface area contributed by atoms with Crippen molar-refractivity contribution in [3.05, 3.63) is 40.6 Å². The van der Waals surface area contributed by atoms with Gasteiger partial charge in [0, 0.05) is 11.5 Å². The Morgan fingerprint density at radius 3 is 3.00 bits per heavy atom. The molecule has 1 saturated heterocycles. The zero-order valence-electron chi connectivity index (χ0n) is 10.8. The number of hydrogen-bond acceptors (Lipinski definition) is 2. The first kappa shape index (κ1) is 11.0. The van der Waals surface area contributed by atoms with E-state index in [-0.39, 0.29) is 6.04 Å². The Morgan fingerprint density at radius 1 is 1.17 bits per heavy atom. The van der Waals surface area contributed by atoms with Gasteiger partial charge in [0.2, 0.25) is 0 Å². The second kappa shape index (κ2) is 3.82. The molecule has 0 N–H and O–H groups in total. The molecule has 1 aromatic carbocycles. The molecule has 2 fully saturated rings. The van der Waals surface area contributed by atoms with E-state index in [0.29, 0.717) is 11.3 Å². The average molecular weight is 242 g/mol. The van der Waals surface area contributed by atoms with E-state index >= 15 is 0 Å². The first-order valence-corrected chi connectivity index (χ1v) is 7.33. The Hall–Kier alpha value is -0.860. The zero-order chi connectivity index (χ0) is 12.2. The van der Waals surface area contributed by atoms with Crippen molar-refractivity contribution in [2.75, 3.05) is 6.54 Å². The molecule has 2 bridgehead atoms. The number of piperidine rings is 1. The summed E-state index contributed by atoms with van der Waals surface area (Å²) in [6, 6.07) is 9.15. The average Bonchev–Trinajstić information content (AvgIpc) is 2.43. The minimum Gasteiger partial charge on any atom is -0.785 e. The van der Waals surface area contributed by atoms with Crippen molar-refractivity contribution in [2.45, 2.75) is 50.0 Å². The molecule has 2 nitrogen and oxygen atoms in total. The lowest BCUT2D eigenvalue weighted by molar-refractivity contribution is 0.0140. The minimum atomic E-state index is 0.258. The molecule has 1 saturated carbocycles. The molecule has 1 aliphatic heterocycles. The van der Waals surface area contributed by atoms with Crippen LogP contribution < -0.4 is 0 Å². The summed E-state index contributed by atoms with van der Waals surface area (Å²) in [6.07, 6.45) is 7.28. The molecular formula is C16H20NO-. The van der Waals surface area contributed by atoms with Crippen molar-refractivity contribution >= 4 is 0 Å². The first-order chi connectivity index (χ1) is 8.81. The van der Waals surface area contributed by atoms with Gasteiger partial charge in [-0.2, -0.15) is 0 Å². The van der Waals surface area contributed by atoms with Gasteiger partial charge in [-0.15, -0.1) is 0 Å². The van der Waals surface area contributed by atoms with Gasteiger partial charge >= 0.3 is 0 Å². The summed E-state index contributed by atoms with van der Waals surface area (Å²) in [6.45, 7) is 0.746. The van der Waals surface area contributed by atoms with E-state index in [2.05, 4.69) is 24.3 Å². The zero-order valence-corrected chi connectivity index (χ0v) is 10.8. The molecule has 0 unspecified atom stereocenters. The fourth-order valence-corrected chi connectivity index (χ4v) is 4.94. The number of benzene rings is 1. The standard InChI is InChI=1S/C16H20NO/c18-17-10-9-16-8-4-3-7-14(16)15(17)11-12-5-1-2-6-13(12)16/h1-2,5-6,14-15H,3-4,7-11H2/q-1/t14-,15+,16-/m0/s1. The maximum atomic E-state index is 12.2. The molecule has 3 atom stereocenters. The molecule has 2 aliphatic carbocycles. The highest BCUT2D eigenvalue weighted by Crippen LogP contribution is 2.55. The smallest absolute Gasteiger partial charge is 0.00523 e. The maximum absolute atomic E-state index is 12.2. The molecule has 0 radical (unpaired) electrons. The molecule has 0 aromatic heterocycles. The monoisotopic (exact) mass is 242 g/mol. The van der Waals surface area contributed by atoms with Crippen LogP contribution in [0, 0.1) is 11.1 Å². The summed E-state index contributed by atoms with van der Waals surface area (Å²) >= 11 is 0. The molecule has 0 spiro atoms. The van der Waals surface area contributed by atoms with Gasteiger partial charge in [0.15, 0.2) is 0 Å². The summed E-state index contributed by atoms with van der Waals surface area (Å²) in [5, 5.41) is 13.6. The third-order valence-electron chi connectivity index (χ3n) is 5.69. The third-order valence-corrected chi connectivity index (χ3v) is 5.69. The molecule has 96 valence electrons. The normalized spacial score (nSPS) is 38.9. The fourth-order valence-electron chi connectivity index (χ4n) is 4.94. The Morgan fingerprint density at radius 2 is 2.06 bits per heavy atom. The summed E-state index contributed by atoms with van der Waals surface area (Å²) < 4.78 is 0. The van der Waals surface area contributed by atoms with Gasteiger partial charge in [0.1, 0.15) is 0 Å². The van der Waals surface area contributed by atoms with Gasteiger partial charge in [-0.1, -0.05) is 37.1 Å². The molecule has 3 aliphatic rings. The third kappa shape index (κ3) is 1.31. The van der Waals surface area contributed by atoms with Crippen molar-refractivity contribution in [1.29, 1.82) is 0 Å². The number of nitrogens with zero attached hydrogens (tertiary/aromatic N) is 1. The van der Waals surface area contributed by atoms with Gasteiger partial charge in [0.25, 0.3) is 0 Å². The topological polar surface area (TPSA) is 26.3 Å². The van der Waals surface area contributed by atoms with Crippen LogP contribution in [-0.2, 0) is 11.8 Å².